The van der Waals surface area contributed by atoms with Gasteiger partial charge < -0.3 is 19.1 Å². The molecule has 3 aromatic carbocycles. The Morgan fingerprint density at radius 3 is 2.45 bits per heavy atom. The Balaban J connectivity index is 1.43. The molecule has 0 atom stereocenters. The van der Waals surface area contributed by atoms with E-state index < -0.39 is 29.2 Å². The topological polar surface area (TPSA) is 99.4 Å². The minimum absolute atomic E-state index is 0.0444. The van der Waals surface area contributed by atoms with Gasteiger partial charge >= 0.3 is 12.0 Å². The smallest absolute Gasteiger partial charge is 0.335 e. The van der Waals surface area contributed by atoms with E-state index in [4.69, 9.17) is 9.47 Å². The molecule has 0 saturated carbocycles. The molecule has 12 heteroatoms. The molecule has 0 radical (unpaired) electrons. The maximum atomic E-state index is 15.3. The van der Waals surface area contributed by atoms with Crippen LogP contribution in [-0.4, -0.2) is 44.3 Å². The summed E-state index contributed by atoms with van der Waals surface area (Å²) < 4.78 is 71.6. The zero-order chi connectivity index (χ0) is 30.0. The van der Waals surface area contributed by atoms with Crippen molar-refractivity contribution in [3.8, 4) is 17.3 Å². The lowest BCUT2D eigenvalue weighted by molar-refractivity contribution is 0.0696. The highest BCUT2D eigenvalue weighted by atomic mass is 19.1. The number of carbonyl (C=O) groups is 1. The summed E-state index contributed by atoms with van der Waals surface area (Å²) in [7, 11) is 1.46. The van der Waals surface area contributed by atoms with Crippen molar-refractivity contribution in [1.82, 2.24) is 19.5 Å². The van der Waals surface area contributed by atoms with Gasteiger partial charge in [-0.25, -0.2) is 32.3 Å². The first-order chi connectivity index (χ1) is 20.1. The maximum absolute atomic E-state index is 15.3. The number of carboxylic acids is 1. The molecule has 0 aliphatic carbocycles. The fourth-order valence-corrected chi connectivity index (χ4v) is 4.48. The molecular weight excluding hydrogens is 556 g/mol. The molecule has 216 valence electrons. The second kappa shape index (κ2) is 12.0. The van der Waals surface area contributed by atoms with Gasteiger partial charge in [-0.3, -0.25) is 0 Å². The number of benzene rings is 3. The molecule has 0 fully saturated rings. The number of carboxylic acid groups (broad SMARTS) is 1. The highest BCUT2D eigenvalue weighted by Gasteiger charge is 2.20. The third-order valence-corrected chi connectivity index (χ3v) is 6.61. The Labute approximate surface area is 237 Å². The molecule has 0 amide bonds. The third kappa shape index (κ3) is 5.93. The lowest BCUT2D eigenvalue weighted by Gasteiger charge is -2.11. The van der Waals surface area contributed by atoms with Gasteiger partial charge in [0.05, 0.1) is 23.4 Å². The standard InChI is InChI=1S/C30H24F4N4O4/c1-16-3-4-17(21(31)9-16)15-42-30-35-6-5-25(36-30)20-14-22(32)18(10-23(20)33)13-27-37-28-24(34)11-19(29(39)40)12-26(28)38(27)7-8-41-2/h3-6,9-12,14H,7-8,13,15H2,1-2H3,(H,39,40). The van der Waals surface area contributed by atoms with Crippen molar-refractivity contribution < 1.29 is 36.9 Å². The lowest BCUT2D eigenvalue weighted by atomic mass is 10.0. The molecule has 0 aliphatic rings. The van der Waals surface area contributed by atoms with Crippen LogP contribution in [0.1, 0.15) is 32.9 Å². The molecule has 1 N–H and O–H groups in total. The fraction of sp³-hybridized carbons (Fsp3) is 0.200. The van der Waals surface area contributed by atoms with Gasteiger partial charge in [0.15, 0.2) is 5.82 Å². The zero-order valence-electron chi connectivity index (χ0n) is 22.5. The van der Waals surface area contributed by atoms with E-state index in [1.165, 1.54) is 36.1 Å². The first-order valence-corrected chi connectivity index (χ1v) is 12.7. The predicted molar refractivity (Wildman–Crippen MR) is 144 cm³/mol. The molecule has 0 bridgehead atoms. The van der Waals surface area contributed by atoms with Crippen molar-refractivity contribution in [2.75, 3.05) is 13.7 Å². The molecule has 5 aromatic rings. The molecule has 0 unspecified atom stereocenters. The van der Waals surface area contributed by atoms with Crippen LogP contribution in [0.2, 0.25) is 0 Å². The molecule has 2 heterocycles. The first-order valence-electron chi connectivity index (χ1n) is 12.7. The van der Waals surface area contributed by atoms with Crippen LogP contribution in [0.3, 0.4) is 0 Å². The average molecular weight is 581 g/mol. The molecule has 42 heavy (non-hydrogen) atoms. The molecule has 0 spiro atoms. The SMILES string of the molecule is COCCn1c(Cc2cc(F)c(-c3ccnc(OCc4ccc(C)cc4F)n3)cc2F)nc2c(F)cc(C(=O)O)cc21. The molecule has 0 aliphatic heterocycles. The number of rotatable bonds is 10. The van der Waals surface area contributed by atoms with Crippen LogP contribution in [0.4, 0.5) is 17.6 Å². The number of hydrogen-bond acceptors (Lipinski definition) is 6. The number of methoxy groups -OCH3 is 1. The Bertz CT molecular complexity index is 1810. The van der Waals surface area contributed by atoms with Gasteiger partial charge in [0, 0.05) is 37.4 Å². The normalized spacial score (nSPS) is 11.3. The number of aromatic nitrogens is 4. The summed E-state index contributed by atoms with van der Waals surface area (Å²) in [5, 5.41) is 9.34. The van der Waals surface area contributed by atoms with Crippen LogP contribution in [0, 0.1) is 30.2 Å². The summed E-state index contributed by atoms with van der Waals surface area (Å²) in [6, 6.07) is 10.0. The molecular formula is C30H24F4N4O4. The van der Waals surface area contributed by atoms with E-state index in [0.29, 0.717) is 0 Å². The average Bonchev–Trinajstić information content (AvgIpc) is 3.30. The fourth-order valence-electron chi connectivity index (χ4n) is 4.48. The summed E-state index contributed by atoms with van der Waals surface area (Å²) >= 11 is 0. The number of imidazole rings is 1. The Morgan fingerprint density at radius 2 is 1.71 bits per heavy atom. The van der Waals surface area contributed by atoms with Crippen LogP contribution in [-0.2, 0) is 24.3 Å². The number of hydrogen-bond donors (Lipinski definition) is 1. The van der Waals surface area contributed by atoms with Gasteiger partial charge in [0.2, 0.25) is 0 Å². The van der Waals surface area contributed by atoms with Crippen LogP contribution in [0.5, 0.6) is 6.01 Å². The summed E-state index contributed by atoms with van der Waals surface area (Å²) in [6.45, 7) is 1.95. The number of nitrogens with zero attached hydrogens (tertiary/aromatic N) is 4. The van der Waals surface area contributed by atoms with Crippen molar-refractivity contribution in [3.05, 3.63) is 106 Å². The van der Waals surface area contributed by atoms with Gasteiger partial charge in [-0.05, 0) is 54.4 Å². The summed E-state index contributed by atoms with van der Waals surface area (Å²) in [6.07, 6.45) is 1.09. The van der Waals surface area contributed by atoms with Gasteiger partial charge in [-0.15, -0.1) is 0 Å². The molecule has 2 aromatic heterocycles. The number of ether oxygens (including phenoxy) is 2. The zero-order valence-corrected chi connectivity index (χ0v) is 22.5. The van der Waals surface area contributed by atoms with E-state index in [1.54, 1.807) is 19.1 Å². The van der Waals surface area contributed by atoms with E-state index in [9.17, 15) is 18.7 Å². The summed E-state index contributed by atoms with van der Waals surface area (Å²) in [5.41, 5.74) is 0.680. The molecule has 5 rings (SSSR count). The van der Waals surface area contributed by atoms with Gasteiger partial charge in [-0.1, -0.05) is 12.1 Å². The maximum Gasteiger partial charge on any atom is 0.335 e. The Morgan fingerprint density at radius 1 is 0.929 bits per heavy atom. The molecule has 8 nitrogen and oxygen atoms in total. The van der Waals surface area contributed by atoms with Crippen molar-refractivity contribution in [3.63, 3.8) is 0 Å². The van der Waals surface area contributed by atoms with Crippen molar-refractivity contribution in [2.45, 2.75) is 26.5 Å². The first kappa shape index (κ1) is 28.7. The van der Waals surface area contributed by atoms with Gasteiger partial charge in [0.25, 0.3) is 0 Å². The van der Waals surface area contributed by atoms with Crippen LogP contribution < -0.4 is 4.74 Å². The van der Waals surface area contributed by atoms with Crippen molar-refractivity contribution >= 4 is 17.0 Å². The van der Waals surface area contributed by atoms with Crippen LogP contribution in [0.25, 0.3) is 22.3 Å². The Kier molecular flexibility index (Phi) is 8.16. The van der Waals surface area contributed by atoms with E-state index >= 15 is 8.78 Å². The van der Waals surface area contributed by atoms with Crippen molar-refractivity contribution in [2.24, 2.45) is 0 Å². The summed E-state index contributed by atoms with van der Waals surface area (Å²) in [4.78, 5) is 23.8. The lowest BCUT2D eigenvalue weighted by Crippen LogP contribution is -2.10. The number of halogens is 4. The second-order valence-corrected chi connectivity index (χ2v) is 9.51. The van der Waals surface area contributed by atoms with E-state index in [1.807, 2.05) is 0 Å². The van der Waals surface area contributed by atoms with Gasteiger partial charge in [0.1, 0.15) is 35.4 Å². The number of aromatic carboxylic acids is 1. The van der Waals surface area contributed by atoms with E-state index in [2.05, 4.69) is 15.0 Å². The van der Waals surface area contributed by atoms with Gasteiger partial charge in [-0.2, -0.15) is 4.98 Å². The minimum atomic E-state index is -1.32. The van der Waals surface area contributed by atoms with E-state index in [-0.39, 0.29) is 77.0 Å². The number of fused-ring (bicyclic) bond motifs is 1. The highest BCUT2D eigenvalue weighted by Crippen LogP contribution is 2.28. The third-order valence-electron chi connectivity index (χ3n) is 6.61. The Hall–Kier alpha value is -4.84. The van der Waals surface area contributed by atoms with Crippen LogP contribution >= 0.6 is 0 Å². The van der Waals surface area contributed by atoms with Crippen molar-refractivity contribution in [1.29, 1.82) is 0 Å². The quantitative estimate of drug-likeness (QED) is 0.206. The minimum Gasteiger partial charge on any atom is -0.478 e. The highest BCUT2D eigenvalue weighted by molar-refractivity contribution is 5.92. The second-order valence-electron chi connectivity index (χ2n) is 9.51. The largest absolute Gasteiger partial charge is 0.478 e. The monoisotopic (exact) mass is 580 g/mol. The number of aryl methyl sites for hydroxylation is 1. The predicted octanol–water partition coefficient (Wildman–Crippen LogP) is 5.87. The van der Waals surface area contributed by atoms with Crippen LogP contribution in [0.15, 0.2) is 54.7 Å². The molecule has 0 saturated heterocycles. The summed E-state index contributed by atoms with van der Waals surface area (Å²) in [5.74, 6) is -3.99. The van der Waals surface area contributed by atoms with E-state index in [0.717, 1.165) is 23.8 Å².